The predicted octanol–water partition coefficient (Wildman–Crippen LogP) is 2.99. The molecule has 2 heterocycles. The van der Waals surface area contributed by atoms with Crippen molar-refractivity contribution in [2.75, 3.05) is 5.73 Å². The number of aromatic nitrogens is 3. The van der Waals surface area contributed by atoms with E-state index in [2.05, 4.69) is 37.5 Å². The van der Waals surface area contributed by atoms with Gasteiger partial charge in [0.05, 0.1) is 15.5 Å². The van der Waals surface area contributed by atoms with Gasteiger partial charge in [0.15, 0.2) is 5.82 Å². The summed E-state index contributed by atoms with van der Waals surface area (Å²) in [6, 6.07) is 2.87. The fourth-order valence-electron chi connectivity index (χ4n) is 1.49. The average molecular weight is 358 g/mol. The van der Waals surface area contributed by atoms with E-state index >= 15 is 0 Å². The van der Waals surface area contributed by atoms with Crippen molar-refractivity contribution in [2.45, 2.75) is 19.8 Å². The standard InChI is InChI=1S/C12H12FIN4/c1-6(2)10-9(14)11(15)18-12(17-10)8-4-3-7(13)5-16-8/h3-6H,1-2H3,(H2,15,17,18). The highest BCUT2D eigenvalue weighted by molar-refractivity contribution is 14.1. The van der Waals surface area contributed by atoms with E-state index in [4.69, 9.17) is 5.73 Å². The molecule has 0 amide bonds. The minimum Gasteiger partial charge on any atom is -0.383 e. The highest BCUT2D eigenvalue weighted by Gasteiger charge is 2.14. The molecule has 0 bridgehead atoms. The van der Waals surface area contributed by atoms with Crippen LogP contribution in [-0.2, 0) is 0 Å². The van der Waals surface area contributed by atoms with Crippen molar-refractivity contribution in [1.29, 1.82) is 0 Å². The smallest absolute Gasteiger partial charge is 0.180 e. The molecule has 2 N–H and O–H groups in total. The van der Waals surface area contributed by atoms with Gasteiger partial charge in [0, 0.05) is 0 Å². The van der Waals surface area contributed by atoms with Gasteiger partial charge in [-0.3, -0.25) is 0 Å². The Morgan fingerprint density at radius 1 is 1.28 bits per heavy atom. The first-order valence-corrected chi connectivity index (χ1v) is 6.51. The monoisotopic (exact) mass is 358 g/mol. The lowest BCUT2D eigenvalue weighted by Gasteiger charge is -2.11. The number of pyridine rings is 1. The Bertz CT molecular complexity index is 569. The van der Waals surface area contributed by atoms with Crippen LogP contribution < -0.4 is 5.73 Å². The summed E-state index contributed by atoms with van der Waals surface area (Å²) in [7, 11) is 0. The first-order valence-electron chi connectivity index (χ1n) is 5.44. The first-order chi connectivity index (χ1) is 8.49. The van der Waals surface area contributed by atoms with Crippen molar-refractivity contribution >= 4 is 28.4 Å². The SMILES string of the molecule is CC(C)c1nc(-c2ccc(F)cn2)nc(N)c1I. The minimum absolute atomic E-state index is 0.237. The summed E-state index contributed by atoms with van der Waals surface area (Å²) in [6.07, 6.45) is 1.14. The van der Waals surface area contributed by atoms with E-state index in [9.17, 15) is 4.39 Å². The molecule has 2 rings (SSSR count). The summed E-state index contributed by atoms with van der Waals surface area (Å²) >= 11 is 2.13. The Kier molecular flexibility index (Phi) is 3.74. The third-order valence-corrected chi connectivity index (χ3v) is 3.51. The average Bonchev–Trinajstić information content (AvgIpc) is 2.33. The topological polar surface area (TPSA) is 64.7 Å². The molecule has 0 aromatic carbocycles. The van der Waals surface area contributed by atoms with Crippen molar-refractivity contribution in [3.05, 3.63) is 33.4 Å². The van der Waals surface area contributed by atoms with Gasteiger partial charge in [-0.1, -0.05) is 13.8 Å². The molecule has 0 unspecified atom stereocenters. The van der Waals surface area contributed by atoms with Crippen LogP contribution in [-0.4, -0.2) is 15.0 Å². The predicted molar refractivity (Wildman–Crippen MR) is 76.4 cm³/mol. The van der Waals surface area contributed by atoms with Crippen LogP contribution >= 0.6 is 22.6 Å². The molecule has 0 radical (unpaired) electrons. The van der Waals surface area contributed by atoms with Crippen molar-refractivity contribution in [3.63, 3.8) is 0 Å². The molecule has 0 aliphatic rings. The van der Waals surface area contributed by atoms with Crippen LogP contribution in [0.15, 0.2) is 18.3 Å². The van der Waals surface area contributed by atoms with Crippen LogP contribution in [0.25, 0.3) is 11.5 Å². The van der Waals surface area contributed by atoms with E-state index in [1.54, 1.807) is 6.07 Å². The number of nitrogens with two attached hydrogens (primary N) is 1. The van der Waals surface area contributed by atoms with Gasteiger partial charge in [-0.15, -0.1) is 0 Å². The van der Waals surface area contributed by atoms with Gasteiger partial charge >= 0.3 is 0 Å². The van der Waals surface area contributed by atoms with Crippen molar-refractivity contribution in [2.24, 2.45) is 0 Å². The lowest BCUT2D eigenvalue weighted by atomic mass is 10.1. The molecule has 94 valence electrons. The van der Waals surface area contributed by atoms with Gasteiger partial charge in [0.1, 0.15) is 17.3 Å². The number of nitrogen functional groups attached to an aromatic ring is 1. The van der Waals surface area contributed by atoms with Crippen LogP contribution in [0.2, 0.25) is 0 Å². The molecule has 0 aliphatic carbocycles. The van der Waals surface area contributed by atoms with E-state index in [1.165, 1.54) is 6.07 Å². The highest BCUT2D eigenvalue weighted by atomic mass is 127. The fourth-order valence-corrected chi connectivity index (χ4v) is 2.35. The number of anilines is 1. The number of hydrogen-bond donors (Lipinski definition) is 1. The van der Waals surface area contributed by atoms with Gasteiger partial charge in [0.25, 0.3) is 0 Å². The number of hydrogen-bond acceptors (Lipinski definition) is 4. The molecule has 0 aliphatic heterocycles. The van der Waals surface area contributed by atoms with E-state index in [1.807, 2.05) is 13.8 Å². The van der Waals surface area contributed by atoms with Crippen LogP contribution in [0.4, 0.5) is 10.2 Å². The Hall–Kier alpha value is -1.31. The molecule has 6 heteroatoms. The molecule has 0 fully saturated rings. The summed E-state index contributed by atoms with van der Waals surface area (Å²) < 4.78 is 13.7. The maximum absolute atomic E-state index is 12.8. The zero-order valence-corrected chi connectivity index (χ0v) is 12.1. The number of nitrogens with zero attached hydrogens (tertiary/aromatic N) is 3. The molecule has 0 spiro atoms. The largest absolute Gasteiger partial charge is 0.383 e. The summed E-state index contributed by atoms with van der Waals surface area (Å²) in [5.41, 5.74) is 7.26. The summed E-state index contributed by atoms with van der Waals surface area (Å²) in [6.45, 7) is 4.07. The van der Waals surface area contributed by atoms with Crippen LogP contribution in [0, 0.1) is 9.39 Å². The van der Waals surface area contributed by atoms with E-state index in [-0.39, 0.29) is 11.7 Å². The van der Waals surface area contributed by atoms with Crippen molar-refractivity contribution in [1.82, 2.24) is 15.0 Å². The molecule has 18 heavy (non-hydrogen) atoms. The summed E-state index contributed by atoms with van der Waals surface area (Å²) in [4.78, 5) is 12.6. The van der Waals surface area contributed by atoms with Gasteiger partial charge in [-0.2, -0.15) is 0 Å². The Morgan fingerprint density at radius 2 is 2.00 bits per heavy atom. The van der Waals surface area contributed by atoms with Crippen molar-refractivity contribution < 1.29 is 4.39 Å². The molecule has 2 aromatic rings. The molecule has 0 saturated carbocycles. The summed E-state index contributed by atoms with van der Waals surface area (Å²) in [5.74, 6) is 0.703. The van der Waals surface area contributed by atoms with Crippen LogP contribution in [0.5, 0.6) is 0 Å². The third-order valence-electron chi connectivity index (χ3n) is 2.41. The highest BCUT2D eigenvalue weighted by Crippen LogP contribution is 2.25. The molecular weight excluding hydrogens is 346 g/mol. The van der Waals surface area contributed by atoms with Gasteiger partial charge in [-0.25, -0.2) is 19.3 Å². The Balaban J connectivity index is 2.55. The Morgan fingerprint density at radius 3 is 2.56 bits per heavy atom. The number of halogens is 2. The van der Waals surface area contributed by atoms with Gasteiger partial charge in [-0.05, 0) is 40.6 Å². The third kappa shape index (κ3) is 2.58. The minimum atomic E-state index is -0.388. The lowest BCUT2D eigenvalue weighted by molar-refractivity contribution is 0.621. The number of rotatable bonds is 2. The second kappa shape index (κ2) is 5.13. The maximum atomic E-state index is 12.8. The van der Waals surface area contributed by atoms with E-state index in [0.717, 1.165) is 15.5 Å². The zero-order valence-electron chi connectivity index (χ0n) is 9.98. The van der Waals surface area contributed by atoms with E-state index < -0.39 is 0 Å². The zero-order chi connectivity index (χ0) is 13.3. The molecular formula is C12H12FIN4. The van der Waals surface area contributed by atoms with Crippen molar-refractivity contribution in [3.8, 4) is 11.5 Å². The van der Waals surface area contributed by atoms with Gasteiger partial charge in [0.2, 0.25) is 0 Å². The second-order valence-corrected chi connectivity index (χ2v) is 5.23. The van der Waals surface area contributed by atoms with E-state index in [0.29, 0.717) is 17.3 Å². The normalized spacial score (nSPS) is 10.9. The quantitative estimate of drug-likeness (QED) is 0.839. The van der Waals surface area contributed by atoms with Crippen LogP contribution in [0.1, 0.15) is 25.5 Å². The molecule has 0 saturated heterocycles. The second-order valence-electron chi connectivity index (χ2n) is 4.15. The Labute approximate surface area is 118 Å². The van der Waals surface area contributed by atoms with Gasteiger partial charge < -0.3 is 5.73 Å². The molecule has 0 atom stereocenters. The maximum Gasteiger partial charge on any atom is 0.180 e. The molecule has 4 nitrogen and oxygen atoms in total. The summed E-state index contributed by atoms with van der Waals surface area (Å²) in [5, 5.41) is 0. The first kappa shape index (κ1) is 13.1. The lowest BCUT2D eigenvalue weighted by Crippen LogP contribution is -2.06. The molecule has 2 aromatic heterocycles. The van der Waals surface area contributed by atoms with Crippen LogP contribution in [0.3, 0.4) is 0 Å². The fraction of sp³-hybridized carbons (Fsp3) is 0.250.